The standard InChI is InChI=1S/C10H20O2S/c1-3-5-6-8(4-2)7-9(13)10(11)12/h8-9,13H,3-7H2,1-2H3,(H,11,12)/p-1. The molecule has 0 amide bonds. The van der Waals surface area contributed by atoms with Gasteiger partial charge in [-0.2, -0.15) is 12.6 Å². The molecule has 0 saturated carbocycles. The molecule has 3 heteroatoms. The van der Waals surface area contributed by atoms with Crippen LogP contribution < -0.4 is 5.11 Å². The Morgan fingerprint density at radius 3 is 2.46 bits per heavy atom. The maximum atomic E-state index is 10.4. The van der Waals surface area contributed by atoms with Crippen LogP contribution in [0.3, 0.4) is 0 Å². The Hall–Kier alpha value is -0.180. The average molecular weight is 203 g/mol. The van der Waals surface area contributed by atoms with E-state index >= 15 is 0 Å². The maximum absolute atomic E-state index is 10.4. The smallest absolute Gasteiger partial charge is 0.0542 e. The second-order valence-electron chi connectivity index (χ2n) is 3.49. The van der Waals surface area contributed by atoms with Crippen LogP contribution in [0, 0.1) is 5.92 Å². The molecule has 0 bridgehead atoms. The first-order valence-corrected chi connectivity index (χ1v) is 5.52. The van der Waals surface area contributed by atoms with Gasteiger partial charge in [-0.05, 0) is 12.3 Å². The van der Waals surface area contributed by atoms with Gasteiger partial charge >= 0.3 is 0 Å². The summed E-state index contributed by atoms with van der Waals surface area (Å²) in [5.74, 6) is -0.557. The van der Waals surface area contributed by atoms with Gasteiger partial charge in [-0.15, -0.1) is 0 Å². The number of aliphatic carboxylic acids is 1. The lowest BCUT2D eigenvalue weighted by atomic mass is 9.94. The molecule has 2 nitrogen and oxygen atoms in total. The van der Waals surface area contributed by atoms with Crippen LogP contribution in [0.2, 0.25) is 0 Å². The molecule has 0 heterocycles. The molecular weight excluding hydrogens is 184 g/mol. The number of rotatable bonds is 7. The van der Waals surface area contributed by atoms with Gasteiger partial charge in [0.2, 0.25) is 0 Å². The number of unbranched alkanes of at least 4 members (excludes halogenated alkanes) is 1. The van der Waals surface area contributed by atoms with E-state index in [4.69, 9.17) is 0 Å². The summed E-state index contributed by atoms with van der Waals surface area (Å²) in [6.45, 7) is 4.24. The van der Waals surface area contributed by atoms with Crippen molar-refractivity contribution in [3.63, 3.8) is 0 Å². The number of carboxylic acids is 1. The SMILES string of the molecule is CCCCC(CC)CC(S)C(=O)[O-]. The normalized spacial score (nSPS) is 15.3. The highest BCUT2D eigenvalue weighted by atomic mass is 32.1. The van der Waals surface area contributed by atoms with Gasteiger partial charge in [-0.1, -0.05) is 39.5 Å². The molecule has 0 spiro atoms. The van der Waals surface area contributed by atoms with E-state index in [9.17, 15) is 9.90 Å². The fourth-order valence-corrected chi connectivity index (χ4v) is 1.69. The summed E-state index contributed by atoms with van der Waals surface area (Å²) >= 11 is 3.98. The molecule has 2 atom stereocenters. The summed E-state index contributed by atoms with van der Waals surface area (Å²) in [4.78, 5) is 10.4. The quantitative estimate of drug-likeness (QED) is 0.639. The fraction of sp³-hybridized carbons (Fsp3) is 0.900. The van der Waals surface area contributed by atoms with Crippen LogP contribution in [0.15, 0.2) is 0 Å². The van der Waals surface area contributed by atoms with Crippen molar-refractivity contribution in [1.82, 2.24) is 0 Å². The highest BCUT2D eigenvalue weighted by molar-refractivity contribution is 7.81. The number of thiol groups is 1. The van der Waals surface area contributed by atoms with Crippen molar-refractivity contribution in [1.29, 1.82) is 0 Å². The van der Waals surface area contributed by atoms with Crippen LogP contribution in [0.5, 0.6) is 0 Å². The molecule has 0 aromatic carbocycles. The Labute approximate surface area is 86.1 Å². The first-order valence-electron chi connectivity index (χ1n) is 5.00. The fourth-order valence-electron chi connectivity index (χ4n) is 1.39. The molecule has 0 fully saturated rings. The van der Waals surface area contributed by atoms with Crippen molar-refractivity contribution in [2.24, 2.45) is 5.92 Å². The number of hydrogen-bond acceptors (Lipinski definition) is 3. The van der Waals surface area contributed by atoms with E-state index in [2.05, 4.69) is 26.5 Å². The van der Waals surface area contributed by atoms with Gasteiger partial charge in [-0.25, -0.2) is 0 Å². The molecule has 0 aromatic rings. The number of carboxylic acid groups (broad SMARTS) is 1. The highest BCUT2D eigenvalue weighted by Gasteiger charge is 2.12. The van der Waals surface area contributed by atoms with Crippen LogP contribution in [0.25, 0.3) is 0 Å². The Kier molecular flexibility index (Phi) is 7.14. The van der Waals surface area contributed by atoms with Gasteiger partial charge in [0.05, 0.1) is 5.97 Å². The molecule has 0 aliphatic carbocycles. The predicted octanol–water partition coefficient (Wildman–Crippen LogP) is 1.64. The van der Waals surface area contributed by atoms with E-state index < -0.39 is 11.2 Å². The van der Waals surface area contributed by atoms with Crippen molar-refractivity contribution in [3.05, 3.63) is 0 Å². The molecule has 0 N–H and O–H groups in total. The molecule has 0 aliphatic heterocycles. The molecular formula is C10H19O2S-. The van der Waals surface area contributed by atoms with E-state index in [0.29, 0.717) is 12.3 Å². The van der Waals surface area contributed by atoms with E-state index in [1.54, 1.807) is 0 Å². The maximum Gasteiger partial charge on any atom is 0.0542 e. The zero-order valence-corrected chi connectivity index (χ0v) is 9.35. The number of carbonyl (C=O) groups is 1. The molecule has 0 saturated heterocycles. The average Bonchev–Trinajstić information content (AvgIpc) is 2.11. The first-order chi connectivity index (χ1) is 6.11. The van der Waals surface area contributed by atoms with Gasteiger partial charge in [0.25, 0.3) is 0 Å². The van der Waals surface area contributed by atoms with Gasteiger partial charge in [-0.3, -0.25) is 0 Å². The second-order valence-corrected chi connectivity index (χ2v) is 4.11. The highest BCUT2D eigenvalue weighted by Crippen LogP contribution is 2.20. The molecule has 2 unspecified atom stereocenters. The van der Waals surface area contributed by atoms with Gasteiger partial charge in [0.15, 0.2) is 0 Å². The second kappa shape index (κ2) is 7.25. The molecule has 0 radical (unpaired) electrons. The number of carbonyl (C=O) groups excluding carboxylic acids is 1. The zero-order valence-electron chi connectivity index (χ0n) is 8.45. The largest absolute Gasteiger partial charge is 0.549 e. The van der Waals surface area contributed by atoms with Crippen molar-refractivity contribution in [3.8, 4) is 0 Å². The topological polar surface area (TPSA) is 40.1 Å². The van der Waals surface area contributed by atoms with Crippen LogP contribution in [-0.2, 0) is 4.79 Å². The third-order valence-electron chi connectivity index (χ3n) is 2.37. The minimum absolute atomic E-state index is 0.486. The molecule has 13 heavy (non-hydrogen) atoms. The van der Waals surface area contributed by atoms with Gasteiger partial charge < -0.3 is 9.90 Å². The predicted molar refractivity (Wildman–Crippen MR) is 55.7 cm³/mol. The third-order valence-corrected chi connectivity index (χ3v) is 2.79. The Bertz CT molecular complexity index is 148. The minimum Gasteiger partial charge on any atom is -0.549 e. The van der Waals surface area contributed by atoms with Gasteiger partial charge in [0, 0.05) is 5.25 Å². The summed E-state index contributed by atoms with van der Waals surface area (Å²) in [6, 6.07) is 0. The zero-order chi connectivity index (χ0) is 10.3. The Morgan fingerprint density at radius 2 is 2.08 bits per heavy atom. The van der Waals surface area contributed by atoms with Crippen molar-refractivity contribution >= 4 is 18.6 Å². The van der Waals surface area contributed by atoms with Crippen LogP contribution in [0.4, 0.5) is 0 Å². The monoisotopic (exact) mass is 203 g/mol. The minimum atomic E-state index is -1.04. The lowest BCUT2D eigenvalue weighted by molar-refractivity contribution is -0.305. The van der Waals surface area contributed by atoms with Crippen LogP contribution in [-0.4, -0.2) is 11.2 Å². The third kappa shape index (κ3) is 5.97. The Balaban J connectivity index is 3.75. The van der Waals surface area contributed by atoms with Crippen molar-refractivity contribution in [2.45, 2.75) is 51.2 Å². The summed E-state index contributed by atoms with van der Waals surface area (Å²) < 4.78 is 0. The van der Waals surface area contributed by atoms with Crippen molar-refractivity contribution < 1.29 is 9.90 Å². The summed E-state index contributed by atoms with van der Waals surface area (Å²) in [5, 5.41) is 9.84. The Morgan fingerprint density at radius 1 is 1.46 bits per heavy atom. The molecule has 0 aromatic heterocycles. The van der Waals surface area contributed by atoms with Crippen LogP contribution in [0.1, 0.15) is 46.0 Å². The summed E-state index contributed by atoms with van der Waals surface area (Å²) in [6.07, 6.45) is 5.12. The lowest BCUT2D eigenvalue weighted by Crippen LogP contribution is -2.33. The summed E-state index contributed by atoms with van der Waals surface area (Å²) in [5.41, 5.74) is 0. The van der Waals surface area contributed by atoms with E-state index in [-0.39, 0.29) is 0 Å². The van der Waals surface area contributed by atoms with E-state index in [1.165, 1.54) is 12.8 Å². The van der Waals surface area contributed by atoms with E-state index in [0.717, 1.165) is 12.8 Å². The first kappa shape index (κ1) is 12.8. The summed E-state index contributed by atoms with van der Waals surface area (Å²) in [7, 11) is 0. The van der Waals surface area contributed by atoms with Gasteiger partial charge in [0.1, 0.15) is 0 Å². The molecule has 78 valence electrons. The molecule has 0 aliphatic rings. The van der Waals surface area contributed by atoms with Crippen LogP contribution >= 0.6 is 12.6 Å². The molecule has 0 rings (SSSR count). The van der Waals surface area contributed by atoms with Crippen molar-refractivity contribution in [2.75, 3.05) is 0 Å². The number of hydrogen-bond donors (Lipinski definition) is 1. The lowest BCUT2D eigenvalue weighted by Gasteiger charge is -2.19. The van der Waals surface area contributed by atoms with E-state index in [1.807, 2.05) is 0 Å².